The first-order valence-corrected chi connectivity index (χ1v) is 11.9. The number of amides is 1. The summed E-state index contributed by atoms with van der Waals surface area (Å²) in [6.45, 7) is 6.19. The Morgan fingerprint density at radius 2 is 1.67 bits per heavy atom. The molecule has 0 saturated heterocycles. The van der Waals surface area contributed by atoms with Crippen molar-refractivity contribution in [3.05, 3.63) is 87.9 Å². The van der Waals surface area contributed by atoms with Gasteiger partial charge >= 0.3 is 0 Å². The zero-order valence-electron chi connectivity index (χ0n) is 17.1. The third-order valence-electron chi connectivity index (χ3n) is 4.84. The molecule has 158 valence electrons. The van der Waals surface area contributed by atoms with Crippen LogP contribution in [0.4, 0.5) is 4.39 Å². The van der Waals surface area contributed by atoms with E-state index in [9.17, 15) is 17.6 Å². The van der Waals surface area contributed by atoms with Gasteiger partial charge in [-0.15, -0.1) is 11.3 Å². The van der Waals surface area contributed by atoms with E-state index in [0.717, 1.165) is 17.7 Å². The number of carbonyl (C=O) groups is 1. The molecule has 1 heterocycles. The van der Waals surface area contributed by atoms with Gasteiger partial charge in [0, 0.05) is 17.0 Å². The number of hydrogen-bond donors (Lipinski definition) is 1. The van der Waals surface area contributed by atoms with E-state index in [1.807, 2.05) is 12.1 Å². The highest BCUT2D eigenvalue weighted by Crippen LogP contribution is 2.31. The van der Waals surface area contributed by atoms with Crippen LogP contribution in [-0.4, -0.2) is 20.9 Å². The Morgan fingerprint density at radius 3 is 2.20 bits per heavy atom. The third-order valence-corrected chi connectivity index (χ3v) is 8.07. The van der Waals surface area contributed by atoms with E-state index in [1.54, 1.807) is 29.6 Å². The van der Waals surface area contributed by atoms with Crippen molar-refractivity contribution in [3.8, 4) is 0 Å². The number of rotatable bonds is 6. The third kappa shape index (κ3) is 4.96. The van der Waals surface area contributed by atoms with E-state index in [-0.39, 0.29) is 22.8 Å². The monoisotopic (exact) mass is 445 g/mol. The molecule has 3 rings (SSSR count). The Labute approximate surface area is 180 Å². The molecule has 0 radical (unpaired) electrons. The summed E-state index contributed by atoms with van der Waals surface area (Å²) < 4.78 is 39.6. The SMILES string of the molecule is CC(C)(C)c1ccc(C(=O)NC[C@@H](c2cccs2)S(=O)(=O)c2ccc(F)cc2)cc1. The lowest BCUT2D eigenvalue weighted by atomic mass is 9.87. The van der Waals surface area contributed by atoms with Crippen LogP contribution in [0.3, 0.4) is 0 Å². The van der Waals surface area contributed by atoms with Crippen LogP contribution in [0.1, 0.15) is 46.8 Å². The van der Waals surface area contributed by atoms with E-state index in [1.165, 1.54) is 23.5 Å². The van der Waals surface area contributed by atoms with Gasteiger partial charge < -0.3 is 5.32 Å². The number of carbonyl (C=O) groups excluding carboxylic acids is 1. The number of benzene rings is 2. The quantitative estimate of drug-likeness (QED) is 0.535. The van der Waals surface area contributed by atoms with Crippen LogP contribution >= 0.6 is 11.3 Å². The van der Waals surface area contributed by atoms with Crippen molar-refractivity contribution >= 4 is 27.1 Å². The van der Waals surface area contributed by atoms with Gasteiger partial charge in [0.15, 0.2) is 9.84 Å². The second-order valence-corrected chi connectivity index (χ2v) is 11.2. The Morgan fingerprint density at radius 1 is 1.03 bits per heavy atom. The Bertz CT molecular complexity index is 1100. The van der Waals surface area contributed by atoms with Gasteiger partial charge in [0.2, 0.25) is 0 Å². The predicted molar refractivity (Wildman–Crippen MR) is 118 cm³/mol. The maximum Gasteiger partial charge on any atom is 0.251 e. The van der Waals surface area contributed by atoms with Crippen molar-refractivity contribution < 1.29 is 17.6 Å². The first kappa shape index (κ1) is 22.2. The molecule has 1 N–H and O–H groups in total. The standard InChI is InChI=1S/C23H24FNO3S2/c1-23(2,3)17-8-6-16(7-9-17)22(26)25-15-21(20-5-4-14-29-20)30(27,28)19-12-10-18(24)11-13-19/h4-14,21H,15H2,1-3H3,(H,25,26)/t21-/m0/s1. The Kier molecular flexibility index (Phi) is 6.43. The molecule has 0 bridgehead atoms. The van der Waals surface area contributed by atoms with Gasteiger partial charge in [-0.25, -0.2) is 12.8 Å². The number of hydrogen-bond acceptors (Lipinski definition) is 4. The van der Waals surface area contributed by atoms with Crippen LogP contribution in [0.2, 0.25) is 0 Å². The molecule has 0 aliphatic carbocycles. The largest absolute Gasteiger partial charge is 0.350 e. The van der Waals surface area contributed by atoms with Gasteiger partial charge in [-0.3, -0.25) is 4.79 Å². The summed E-state index contributed by atoms with van der Waals surface area (Å²) in [5.41, 5.74) is 1.55. The molecule has 0 aliphatic rings. The van der Waals surface area contributed by atoms with Crippen molar-refractivity contribution in [2.45, 2.75) is 36.3 Å². The fraction of sp³-hybridized carbons (Fsp3) is 0.261. The molecular weight excluding hydrogens is 421 g/mol. The normalized spacial score (nSPS) is 13.1. The maximum absolute atomic E-state index is 13.2. The second-order valence-electron chi connectivity index (χ2n) is 8.04. The molecule has 2 aromatic carbocycles. The molecule has 1 atom stereocenters. The fourth-order valence-corrected chi connectivity index (χ4v) is 5.82. The highest BCUT2D eigenvalue weighted by molar-refractivity contribution is 7.91. The summed E-state index contributed by atoms with van der Waals surface area (Å²) in [6.07, 6.45) is 0. The van der Waals surface area contributed by atoms with Crippen LogP contribution in [0, 0.1) is 5.82 Å². The smallest absolute Gasteiger partial charge is 0.251 e. The van der Waals surface area contributed by atoms with Gasteiger partial charge in [-0.1, -0.05) is 39.0 Å². The van der Waals surface area contributed by atoms with Gasteiger partial charge in [0.05, 0.1) is 4.90 Å². The van der Waals surface area contributed by atoms with Crippen molar-refractivity contribution in [3.63, 3.8) is 0 Å². The summed E-state index contributed by atoms with van der Waals surface area (Å²) in [6, 6.07) is 15.5. The average molecular weight is 446 g/mol. The molecule has 0 saturated carbocycles. The minimum atomic E-state index is -3.82. The molecule has 1 aromatic heterocycles. The van der Waals surface area contributed by atoms with E-state index < -0.39 is 20.9 Å². The first-order chi connectivity index (χ1) is 14.1. The average Bonchev–Trinajstić information content (AvgIpc) is 3.22. The molecule has 7 heteroatoms. The minimum absolute atomic E-state index is 0.0195. The molecule has 0 fully saturated rings. The van der Waals surface area contributed by atoms with E-state index in [4.69, 9.17) is 0 Å². The molecular formula is C23H24FNO3S2. The van der Waals surface area contributed by atoms with Gasteiger partial charge in [-0.2, -0.15) is 0 Å². The predicted octanol–water partition coefficient (Wildman–Crippen LogP) is 5.13. The number of thiophene rings is 1. The molecule has 0 spiro atoms. The molecule has 4 nitrogen and oxygen atoms in total. The maximum atomic E-state index is 13.2. The van der Waals surface area contributed by atoms with E-state index in [0.29, 0.717) is 10.4 Å². The van der Waals surface area contributed by atoms with Crippen LogP contribution in [0.15, 0.2) is 70.9 Å². The highest BCUT2D eigenvalue weighted by Gasteiger charge is 2.30. The van der Waals surface area contributed by atoms with Crippen LogP contribution in [-0.2, 0) is 15.3 Å². The van der Waals surface area contributed by atoms with Gasteiger partial charge in [-0.05, 0) is 58.8 Å². The number of nitrogens with one attached hydrogen (secondary N) is 1. The lowest BCUT2D eigenvalue weighted by Gasteiger charge is -2.19. The number of sulfone groups is 1. The minimum Gasteiger partial charge on any atom is -0.350 e. The Balaban J connectivity index is 1.81. The summed E-state index contributed by atoms with van der Waals surface area (Å²) >= 11 is 1.30. The summed E-state index contributed by atoms with van der Waals surface area (Å²) in [4.78, 5) is 13.3. The molecule has 0 aliphatic heterocycles. The Hall–Kier alpha value is -2.51. The molecule has 30 heavy (non-hydrogen) atoms. The van der Waals surface area contributed by atoms with Crippen molar-refractivity contribution in [1.82, 2.24) is 5.32 Å². The van der Waals surface area contributed by atoms with Crippen LogP contribution in [0.25, 0.3) is 0 Å². The zero-order chi connectivity index (χ0) is 21.9. The van der Waals surface area contributed by atoms with Gasteiger partial charge in [0.25, 0.3) is 5.91 Å². The second kappa shape index (κ2) is 8.70. The molecule has 0 unspecified atom stereocenters. The lowest BCUT2D eigenvalue weighted by Crippen LogP contribution is -2.31. The van der Waals surface area contributed by atoms with Crippen LogP contribution < -0.4 is 5.32 Å². The summed E-state index contributed by atoms with van der Waals surface area (Å²) in [5, 5.41) is 3.58. The lowest BCUT2D eigenvalue weighted by molar-refractivity contribution is 0.0953. The molecule has 3 aromatic rings. The van der Waals surface area contributed by atoms with E-state index >= 15 is 0 Å². The first-order valence-electron chi connectivity index (χ1n) is 9.50. The highest BCUT2D eigenvalue weighted by atomic mass is 32.2. The molecule has 1 amide bonds. The topological polar surface area (TPSA) is 63.2 Å². The number of halogens is 1. The van der Waals surface area contributed by atoms with Crippen LogP contribution in [0.5, 0.6) is 0 Å². The zero-order valence-corrected chi connectivity index (χ0v) is 18.7. The fourth-order valence-electron chi connectivity index (χ4n) is 3.04. The van der Waals surface area contributed by atoms with Gasteiger partial charge in [0.1, 0.15) is 11.1 Å². The van der Waals surface area contributed by atoms with Crippen molar-refractivity contribution in [1.29, 1.82) is 0 Å². The van der Waals surface area contributed by atoms with Crippen molar-refractivity contribution in [2.24, 2.45) is 0 Å². The summed E-state index contributed by atoms with van der Waals surface area (Å²) in [5.74, 6) is -0.847. The van der Waals surface area contributed by atoms with Crippen molar-refractivity contribution in [2.75, 3.05) is 6.54 Å². The van der Waals surface area contributed by atoms with E-state index in [2.05, 4.69) is 26.1 Å². The summed E-state index contributed by atoms with van der Waals surface area (Å²) in [7, 11) is -3.82.